The fourth-order valence-corrected chi connectivity index (χ4v) is 2.45. The SMILES string of the molecule is CCC#CCCCNC(=O)c1cnc(OCC(O)CNC(C)(C)C)s1. The summed E-state index contributed by atoms with van der Waals surface area (Å²) in [6.07, 6.45) is 3.33. The van der Waals surface area contributed by atoms with Crippen LogP contribution < -0.4 is 15.4 Å². The van der Waals surface area contributed by atoms with E-state index < -0.39 is 6.10 Å². The molecule has 3 N–H and O–H groups in total. The maximum absolute atomic E-state index is 12.0. The summed E-state index contributed by atoms with van der Waals surface area (Å²) in [5.74, 6) is 5.88. The van der Waals surface area contributed by atoms with Crippen LogP contribution in [0.2, 0.25) is 0 Å². The smallest absolute Gasteiger partial charge is 0.273 e. The fraction of sp³-hybridized carbons (Fsp3) is 0.667. The second-order valence-electron chi connectivity index (χ2n) is 6.65. The van der Waals surface area contributed by atoms with Crippen molar-refractivity contribution in [2.24, 2.45) is 0 Å². The van der Waals surface area contributed by atoms with Crippen LogP contribution in [0.15, 0.2) is 6.20 Å². The third-order valence-electron chi connectivity index (χ3n) is 3.04. The van der Waals surface area contributed by atoms with Gasteiger partial charge in [-0.05, 0) is 27.2 Å². The van der Waals surface area contributed by atoms with E-state index in [0.717, 1.165) is 19.3 Å². The average Bonchev–Trinajstić information content (AvgIpc) is 3.02. The minimum absolute atomic E-state index is 0.0600. The van der Waals surface area contributed by atoms with Crippen LogP contribution in [0.5, 0.6) is 5.19 Å². The van der Waals surface area contributed by atoms with Gasteiger partial charge in [0.15, 0.2) is 0 Å². The molecule has 0 saturated heterocycles. The number of ether oxygens (including phenoxy) is 1. The van der Waals surface area contributed by atoms with E-state index in [-0.39, 0.29) is 18.1 Å². The maximum atomic E-state index is 12.0. The number of unbranched alkanes of at least 4 members (excludes halogenated alkanes) is 1. The lowest BCUT2D eigenvalue weighted by Gasteiger charge is -2.22. The number of thiazole rings is 1. The topological polar surface area (TPSA) is 83.5 Å². The van der Waals surface area contributed by atoms with Gasteiger partial charge in [-0.25, -0.2) is 4.98 Å². The van der Waals surface area contributed by atoms with Crippen LogP contribution in [0.4, 0.5) is 0 Å². The maximum Gasteiger partial charge on any atom is 0.273 e. The van der Waals surface area contributed by atoms with Crippen LogP contribution in [0, 0.1) is 11.8 Å². The Morgan fingerprint density at radius 3 is 2.88 bits per heavy atom. The van der Waals surface area contributed by atoms with Gasteiger partial charge < -0.3 is 20.5 Å². The summed E-state index contributed by atoms with van der Waals surface area (Å²) in [7, 11) is 0. The Morgan fingerprint density at radius 1 is 1.44 bits per heavy atom. The van der Waals surface area contributed by atoms with Gasteiger partial charge in [-0.1, -0.05) is 18.3 Å². The highest BCUT2D eigenvalue weighted by Gasteiger charge is 2.14. The standard InChI is InChI=1S/C18H29N3O3S/c1-5-6-7-8-9-10-19-16(23)15-12-20-17(25-15)24-13-14(22)11-21-18(2,3)4/h12,14,21-22H,5,8-11,13H2,1-4H3,(H,19,23). The third-order valence-corrected chi connectivity index (χ3v) is 3.95. The fourth-order valence-electron chi connectivity index (χ4n) is 1.76. The molecule has 6 nitrogen and oxygen atoms in total. The first-order valence-corrected chi connectivity index (χ1v) is 9.39. The molecule has 0 spiro atoms. The number of rotatable bonds is 9. The van der Waals surface area contributed by atoms with E-state index in [1.165, 1.54) is 17.5 Å². The molecule has 0 aliphatic carbocycles. The van der Waals surface area contributed by atoms with Crippen molar-refractivity contribution in [3.05, 3.63) is 11.1 Å². The van der Waals surface area contributed by atoms with Gasteiger partial charge in [-0.3, -0.25) is 4.79 Å². The van der Waals surface area contributed by atoms with Crippen LogP contribution in [0.3, 0.4) is 0 Å². The highest BCUT2D eigenvalue weighted by molar-refractivity contribution is 7.15. The summed E-state index contributed by atoms with van der Waals surface area (Å²) >= 11 is 1.17. The number of aromatic nitrogens is 1. The molecule has 1 unspecified atom stereocenters. The first-order valence-electron chi connectivity index (χ1n) is 8.57. The lowest BCUT2D eigenvalue weighted by molar-refractivity contribution is 0.0957. The third kappa shape index (κ3) is 10.1. The van der Waals surface area contributed by atoms with Crippen LogP contribution in [0.1, 0.15) is 56.6 Å². The second kappa shape index (κ2) is 11.1. The molecule has 0 radical (unpaired) electrons. The number of carbonyl (C=O) groups excluding carboxylic acids is 1. The molecule has 0 aromatic carbocycles. The molecule has 1 amide bonds. The molecule has 0 saturated carbocycles. The average molecular weight is 368 g/mol. The van der Waals surface area contributed by atoms with Gasteiger partial charge in [-0.2, -0.15) is 0 Å². The molecule has 7 heteroatoms. The summed E-state index contributed by atoms with van der Waals surface area (Å²) in [4.78, 5) is 16.6. The van der Waals surface area contributed by atoms with Crippen molar-refractivity contribution in [2.45, 2.75) is 58.6 Å². The van der Waals surface area contributed by atoms with Crippen molar-refractivity contribution < 1.29 is 14.6 Å². The summed E-state index contributed by atoms with van der Waals surface area (Å²) < 4.78 is 5.45. The number of aliphatic hydroxyl groups excluding tert-OH is 1. The molecule has 1 aromatic heterocycles. The number of aliphatic hydroxyl groups is 1. The Kier molecular flexibility index (Phi) is 9.50. The van der Waals surface area contributed by atoms with Gasteiger partial charge >= 0.3 is 0 Å². The zero-order valence-electron chi connectivity index (χ0n) is 15.5. The molecular weight excluding hydrogens is 338 g/mol. The zero-order chi connectivity index (χ0) is 18.7. The van der Waals surface area contributed by atoms with Crippen molar-refractivity contribution in [1.29, 1.82) is 0 Å². The monoisotopic (exact) mass is 367 g/mol. The van der Waals surface area contributed by atoms with Crippen molar-refractivity contribution in [2.75, 3.05) is 19.7 Å². The van der Waals surface area contributed by atoms with E-state index in [1.54, 1.807) is 0 Å². The van der Waals surface area contributed by atoms with E-state index in [9.17, 15) is 9.90 Å². The zero-order valence-corrected chi connectivity index (χ0v) is 16.3. The van der Waals surface area contributed by atoms with Gasteiger partial charge in [-0.15, -0.1) is 11.8 Å². The van der Waals surface area contributed by atoms with Crippen LogP contribution in [-0.4, -0.2) is 47.3 Å². The number of β-amino-alcohol motifs (C(OH)–C–C–N with tert-alkyl or cyclic N) is 1. The minimum Gasteiger partial charge on any atom is -0.467 e. The second-order valence-corrected chi connectivity index (χ2v) is 7.65. The van der Waals surface area contributed by atoms with E-state index in [2.05, 4.69) is 27.5 Å². The normalized spacial score (nSPS) is 12.2. The summed E-state index contributed by atoms with van der Waals surface area (Å²) in [6.45, 7) is 9.26. The molecular formula is C18H29N3O3S. The molecule has 1 aromatic rings. The Balaban J connectivity index is 2.29. The predicted octanol–water partition coefficient (Wildman–Crippen LogP) is 2.19. The highest BCUT2D eigenvalue weighted by Crippen LogP contribution is 2.20. The lowest BCUT2D eigenvalue weighted by Crippen LogP contribution is -2.42. The van der Waals surface area contributed by atoms with E-state index in [0.29, 0.717) is 23.2 Å². The summed E-state index contributed by atoms with van der Waals surface area (Å²) in [6, 6.07) is 0. The number of nitrogens with zero attached hydrogens (tertiary/aromatic N) is 1. The molecule has 0 bridgehead atoms. The summed E-state index contributed by atoms with van der Waals surface area (Å²) in [5.41, 5.74) is -0.0600. The van der Waals surface area contributed by atoms with Gasteiger partial charge in [0, 0.05) is 31.5 Å². The molecule has 1 heterocycles. The summed E-state index contributed by atoms with van der Waals surface area (Å²) in [5, 5.41) is 16.3. The predicted molar refractivity (Wildman–Crippen MR) is 101 cm³/mol. The molecule has 0 aliphatic rings. The molecule has 0 aliphatic heterocycles. The molecule has 25 heavy (non-hydrogen) atoms. The van der Waals surface area contributed by atoms with Crippen molar-refractivity contribution in [1.82, 2.24) is 15.6 Å². The first kappa shape index (κ1) is 21.4. The number of hydrogen-bond acceptors (Lipinski definition) is 6. The number of amides is 1. The Bertz CT molecular complexity index is 584. The Labute approximate surface area is 154 Å². The van der Waals surface area contributed by atoms with Crippen LogP contribution in [0.25, 0.3) is 0 Å². The van der Waals surface area contributed by atoms with E-state index >= 15 is 0 Å². The van der Waals surface area contributed by atoms with Crippen molar-refractivity contribution in [3.8, 4) is 17.0 Å². The number of nitrogens with one attached hydrogen (secondary N) is 2. The first-order chi connectivity index (χ1) is 11.8. The Hall–Kier alpha value is -1.62. The molecule has 140 valence electrons. The lowest BCUT2D eigenvalue weighted by atomic mass is 10.1. The largest absolute Gasteiger partial charge is 0.467 e. The van der Waals surface area contributed by atoms with Crippen molar-refractivity contribution >= 4 is 17.2 Å². The number of carbonyl (C=O) groups is 1. The van der Waals surface area contributed by atoms with Crippen molar-refractivity contribution in [3.63, 3.8) is 0 Å². The van der Waals surface area contributed by atoms with Gasteiger partial charge in [0.25, 0.3) is 11.1 Å². The van der Waals surface area contributed by atoms with Crippen LogP contribution >= 0.6 is 11.3 Å². The van der Waals surface area contributed by atoms with Crippen LogP contribution in [-0.2, 0) is 0 Å². The number of hydrogen-bond donors (Lipinski definition) is 3. The molecule has 1 rings (SSSR count). The van der Waals surface area contributed by atoms with Gasteiger partial charge in [0.1, 0.15) is 17.6 Å². The molecule has 0 fully saturated rings. The minimum atomic E-state index is -0.635. The van der Waals surface area contributed by atoms with Gasteiger partial charge in [0.2, 0.25) is 0 Å². The quantitative estimate of drug-likeness (QED) is 0.460. The Morgan fingerprint density at radius 2 is 2.20 bits per heavy atom. The van der Waals surface area contributed by atoms with Gasteiger partial charge in [0.05, 0.1) is 6.20 Å². The molecule has 1 atom stereocenters. The van der Waals surface area contributed by atoms with E-state index in [1.807, 2.05) is 27.7 Å². The van der Waals surface area contributed by atoms with E-state index in [4.69, 9.17) is 4.74 Å². The highest BCUT2D eigenvalue weighted by atomic mass is 32.1.